The molecule has 0 saturated heterocycles. The fourth-order valence-corrected chi connectivity index (χ4v) is 3.63. The Morgan fingerprint density at radius 3 is 2.12 bits per heavy atom. The average molecular weight is 432 g/mol. The van der Waals surface area contributed by atoms with Gasteiger partial charge in [0.2, 0.25) is 5.91 Å². The van der Waals surface area contributed by atoms with Gasteiger partial charge >= 0.3 is 0 Å². The summed E-state index contributed by atoms with van der Waals surface area (Å²) in [5.74, 6) is 1.95. The minimum atomic E-state index is 0.172. The average Bonchev–Trinajstić information content (AvgIpc) is 2.82. The largest absolute Gasteiger partial charge is 0.493 e. The van der Waals surface area contributed by atoms with Crippen LogP contribution in [0.1, 0.15) is 37.0 Å². The van der Waals surface area contributed by atoms with Gasteiger partial charge in [0.1, 0.15) is 6.61 Å². The first-order valence-corrected chi connectivity index (χ1v) is 11.2. The van der Waals surface area contributed by atoms with Crippen LogP contribution in [-0.2, 0) is 24.4 Å². The maximum Gasteiger partial charge on any atom is 0.223 e. The fraction of sp³-hybridized carbons (Fsp3) is 0.321. The van der Waals surface area contributed by atoms with Gasteiger partial charge in [0.15, 0.2) is 11.5 Å². The van der Waals surface area contributed by atoms with Crippen molar-refractivity contribution in [3.8, 4) is 11.5 Å². The number of hydrogen-bond donors (Lipinski definition) is 0. The van der Waals surface area contributed by atoms with Gasteiger partial charge in [-0.25, -0.2) is 0 Å². The number of rotatable bonds is 11. The Hall–Kier alpha value is -3.27. The molecule has 1 amide bonds. The zero-order valence-corrected chi connectivity index (χ0v) is 19.3. The Morgan fingerprint density at radius 2 is 1.50 bits per heavy atom. The van der Waals surface area contributed by atoms with E-state index in [4.69, 9.17) is 9.47 Å². The Labute approximate surface area is 191 Å². The molecule has 0 aliphatic rings. The number of benzene rings is 3. The van der Waals surface area contributed by atoms with E-state index in [0.717, 1.165) is 24.1 Å². The third kappa shape index (κ3) is 7.16. The first-order valence-electron chi connectivity index (χ1n) is 11.2. The van der Waals surface area contributed by atoms with Crippen LogP contribution in [0.4, 0.5) is 0 Å². The Morgan fingerprint density at radius 1 is 0.844 bits per heavy atom. The molecule has 0 radical (unpaired) electrons. The number of methoxy groups -OCH3 is 1. The van der Waals surface area contributed by atoms with Gasteiger partial charge in [-0.15, -0.1) is 0 Å². The van der Waals surface area contributed by atoms with Crippen molar-refractivity contribution in [2.75, 3.05) is 13.7 Å². The molecule has 4 nitrogen and oxygen atoms in total. The lowest BCUT2D eigenvalue weighted by Crippen LogP contribution is -2.33. The third-order valence-electron chi connectivity index (χ3n) is 5.25. The molecule has 0 spiro atoms. The van der Waals surface area contributed by atoms with Crippen LogP contribution in [-0.4, -0.2) is 24.5 Å². The predicted octanol–water partition coefficient (Wildman–Crippen LogP) is 5.89. The highest BCUT2D eigenvalue weighted by Crippen LogP contribution is 2.29. The molecule has 0 fully saturated rings. The highest BCUT2D eigenvalue weighted by Gasteiger charge is 2.17. The number of amides is 1. The summed E-state index contributed by atoms with van der Waals surface area (Å²) >= 11 is 0. The van der Waals surface area contributed by atoms with Crippen LogP contribution in [0, 0.1) is 5.92 Å². The van der Waals surface area contributed by atoms with Gasteiger partial charge in [0, 0.05) is 19.5 Å². The molecule has 3 aromatic carbocycles. The monoisotopic (exact) mass is 431 g/mol. The number of hydrogen-bond acceptors (Lipinski definition) is 3. The van der Waals surface area contributed by atoms with E-state index in [1.165, 1.54) is 5.56 Å². The summed E-state index contributed by atoms with van der Waals surface area (Å²) in [5, 5.41) is 0. The fourth-order valence-electron chi connectivity index (χ4n) is 3.63. The van der Waals surface area contributed by atoms with Crippen LogP contribution in [0.2, 0.25) is 0 Å². The van der Waals surface area contributed by atoms with Crippen molar-refractivity contribution < 1.29 is 14.3 Å². The molecule has 168 valence electrons. The van der Waals surface area contributed by atoms with Crippen LogP contribution < -0.4 is 9.47 Å². The quantitative estimate of drug-likeness (QED) is 0.380. The van der Waals surface area contributed by atoms with Gasteiger partial charge in [0.25, 0.3) is 0 Å². The minimum Gasteiger partial charge on any atom is -0.493 e. The summed E-state index contributed by atoms with van der Waals surface area (Å²) < 4.78 is 11.5. The molecule has 0 heterocycles. The normalized spacial score (nSPS) is 10.8. The van der Waals surface area contributed by atoms with E-state index in [2.05, 4.69) is 26.0 Å². The van der Waals surface area contributed by atoms with Gasteiger partial charge in [-0.1, -0.05) is 80.6 Å². The molecule has 0 N–H and O–H groups in total. The summed E-state index contributed by atoms with van der Waals surface area (Å²) in [6.07, 6.45) is 1.26. The molecule has 3 rings (SSSR count). The molecule has 0 aromatic heterocycles. The first-order chi connectivity index (χ1) is 15.5. The van der Waals surface area contributed by atoms with Crippen LogP contribution >= 0.6 is 0 Å². The second-order valence-electron chi connectivity index (χ2n) is 8.41. The topological polar surface area (TPSA) is 38.8 Å². The summed E-state index contributed by atoms with van der Waals surface area (Å²) in [4.78, 5) is 15.0. The van der Waals surface area contributed by atoms with Crippen molar-refractivity contribution in [1.29, 1.82) is 0 Å². The lowest BCUT2D eigenvalue weighted by molar-refractivity contribution is -0.132. The molecule has 0 unspecified atom stereocenters. The van der Waals surface area contributed by atoms with Crippen molar-refractivity contribution in [1.82, 2.24) is 4.90 Å². The number of carbonyl (C=O) groups is 1. The molecule has 0 aliphatic carbocycles. The lowest BCUT2D eigenvalue weighted by Gasteiger charge is -2.25. The van der Waals surface area contributed by atoms with Crippen LogP contribution in [0.3, 0.4) is 0 Å². The Bertz CT molecular complexity index is 970. The SMILES string of the molecule is COc1cc(CN(CC(C)C)C(=O)CCc2ccccc2)ccc1OCc1ccccc1. The van der Waals surface area contributed by atoms with Crippen LogP contribution in [0.5, 0.6) is 11.5 Å². The second-order valence-corrected chi connectivity index (χ2v) is 8.41. The number of aryl methyl sites for hydroxylation is 1. The maximum atomic E-state index is 13.0. The van der Waals surface area contributed by atoms with Crippen molar-refractivity contribution in [3.63, 3.8) is 0 Å². The molecule has 32 heavy (non-hydrogen) atoms. The summed E-state index contributed by atoms with van der Waals surface area (Å²) in [5.41, 5.74) is 3.32. The molecular formula is C28H33NO3. The zero-order chi connectivity index (χ0) is 22.8. The number of ether oxygens (including phenoxy) is 2. The molecule has 0 atom stereocenters. The summed E-state index contributed by atoms with van der Waals surface area (Å²) in [6.45, 7) is 6.04. The van der Waals surface area contributed by atoms with E-state index < -0.39 is 0 Å². The number of carbonyl (C=O) groups excluding carboxylic acids is 1. The van der Waals surface area contributed by atoms with Gasteiger partial charge in [-0.05, 0) is 41.2 Å². The van der Waals surface area contributed by atoms with E-state index in [9.17, 15) is 4.79 Å². The highest BCUT2D eigenvalue weighted by molar-refractivity contribution is 5.76. The van der Waals surface area contributed by atoms with Gasteiger partial charge in [-0.3, -0.25) is 4.79 Å². The molecular weight excluding hydrogens is 398 g/mol. The first kappa shape index (κ1) is 23.4. The van der Waals surface area contributed by atoms with E-state index in [1.54, 1.807) is 7.11 Å². The van der Waals surface area contributed by atoms with Gasteiger partial charge in [-0.2, -0.15) is 0 Å². The van der Waals surface area contributed by atoms with Gasteiger partial charge in [0.05, 0.1) is 7.11 Å². The zero-order valence-electron chi connectivity index (χ0n) is 19.3. The van der Waals surface area contributed by atoms with Crippen LogP contribution in [0.15, 0.2) is 78.9 Å². The molecule has 4 heteroatoms. The number of nitrogens with zero attached hydrogens (tertiary/aromatic N) is 1. The summed E-state index contributed by atoms with van der Waals surface area (Å²) in [6, 6.07) is 26.1. The minimum absolute atomic E-state index is 0.172. The maximum absolute atomic E-state index is 13.0. The van der Waals surface area contributed by atoms with E-state index in [0.29, 0.717) is 37.0 Å². The Kier molecular flexibility index (Phi) is 8.73. The van der Waals surface area contributed by atoms with Crippen molar-refractivity contribution in [2.24, 2.45) is 5.92 Å². The van der Waals surface area contributed by atoms with E-state index >= 15 is 0 Å². The van der Waals surface area contributed by atoms with Crippen LogP contribution in [0.25, 0.3) is 0 Å². The predicted molar refractivity (Wildman–Crippen MR) is 129 cm³/mol. The van der Waals surface area contributed by atoms with Crippen molar-refractivity contribution in [3.05, 3.63) is 95.6 Å². The third-order valence-corrected chi connectivity index (χ3v) is 5.25. The highest BCUT2D eigenvalue weighted by atomic mass is 16.5. The van der Waals surface area contributed by atoms with E-state index in [-0.39, 0.29) is 5.91 Å². The molecule has 3 aromatic rings. The second kappa shape index (κ2) is 11.9. The smallest absolute Gasteiger partial charge is 0.223 e. The lowest BCUT2D eigenvalue weighted by atomic mass is 10.1. The van der Waals surface area contributed by atoms with E-state index in [1.807, 2.05) is 71.6 Å². The summed E-state index contributed by atoms with van der Waals surface area (Å²) in [7, 11) is 1.64. The van der Waals surface area contributed by atoms with Gasteiger partial charge < -0.3 is 14.4 Å². The van der Waals surface area contributed by atoms with Crippen molar-refractivity contribution in [2.45, 2.75) is 39.8 Å². The van der Waals surface area contributed by atoms with Crippen molar-refractivity contribution >= 4 is 5.91 Å². The molecule has 0 saturated carbocycles. The standard InChI is InChI=1S/C28H33NO3/c1-22(2)19-29(28(30)17-15-23-10-6-4-7-11-23)20-25-14-16-26(27(18-25)31-3)32-21-24-12-8-5-9-13-24/h4-14,16,18,22H,15,17,19-21H2,1-3H3. The Balaban J connectivity index is 1.66. The molecule has 0 bridgehead atoms. The molecule has 0 aliphatic heterocycles.